The molecule has 0 saturated carbocycles. The molecule has 0 bridgehead atoms. The van der Waals surface area contributed by atoms with Gasteiger partial charge in [0.25, 0.3) is 0 Å². The zero-order chi connectivity index (χ0) is 14.8. The minimum absolute atomic E-state index is 0.334. The third-order valence-electron chi connectivity index (χ3n) is 4.12. The highest BCUT2D eigenvalue weighted by atomic mass is 16.5. The number of esters is 1. The molecule has 0 radical (unpaired) electrons. The highest BCUT2D eigenvalue weighted by molar-refractivity contribution is 5.95. The molecular formula is C16H21N3O2. The van der Waals surface area contributed by atoms with Gasteiger partial charge in [-0.15, -0.1) is 0 Å². The van der Waals surface area contributed by atoms with E-state index >= 15 is 0 Å². The van der Waals surface area contributed by atoms with Gasteiger partial charge in [-0.25, -0.2) is 9.78 Å². The van der Waals surface area contributed by atoms with Crippen LogP contribution in [0.2, 0.25) is 0 Å². The highest BCUT2D eigenvalue weighted by Gasteiger charge is 2.24. The van der Waals surface area contributed by atoms with E-state index in [0.29, 0.717) is 11.6 Å². The van der Waals surface area contributed by atoms with Crippen LogP contribution in [0.15, 0.2) is 18.3 Å². The SMILES string of the molecule is COC(=O)c1nc(C2CCCCNC2)n2ccc(C)cc12. The van der Waals surface area contributed by atoms with Gasteiger partial charge in [0.15, 0.2) is 5.69 Å². The molecule has 1 unspecified atom stereocenters. The van der Waals surface area contributed by atoms with Gasteiger partial charge in [0.1, 0.15) is 5.82 Å². The molecule has 1 atom stereocenters. The van der Waals surface area contributed by atoms with Crippen molar-refractivity contribution in [1.29, 1.82) is 0 Å². The van der Waals surface area contributed by atoms with Crippen molar-refractivity contribution in [2.45, 2.75) is 32.1 Å². The van der Waals surface area contributed by atoms with Crippen molar-refractivity contribution in [3.8, 4) is 0 Å². The van der Waals surface area contributed by atoms with Crippen molar-refractivity contribution >= 4 is 11.5 Å². The third-order valence-corrected chi connectivity index (χ3v) is 4.12. The first-order valence-electron chi connectivity index (χ1n) is 7.48. The number of rotatable bonds is 2. The highest BCUT2D eigenvalue weighted by Crippen LogP contribution is 2.26. The molecule has 1 saturated heterocycles. The van der Waals surface area contributed by atoms with E-state index in [1.807, 2.05) is 29.7 Å². The van der Waals surface area contributed by atoms with E-state index in [1.54, 1.807) is 0 Å². The van der Waals surface area contributed by atoms with Gasteiger partial charge in [-0.3, -0.25) is 0 Å². The Morgan fingerprint density at radius 2 is 2.33 bits per heavy atom. The predicted octanol–water partition coefficient (Wildman–Crippen LogP) is 2.29. The van der Waals surface area contributed by atoms with Gasteiger partial charge in [0.2, 0.25) is 0 Å². The number of aromatic nitrogens is 2. The van der Waals surface area contributed by atoms with E-state index in [-0.39, 0.29) is 5.97 Å². The van der Waals surface area contributed by atoms with Crippen LogP contribution in [0.1, 0.15) is 47.1 Å². The summed E-state index contributed by atoms with van der Waals surface area (Å²) in [4.78, 5) is 16.6. The Bertz CT molecular complexity index is 655. The molecule has 112 valence electrons. The van der Waals surface area contributed by atoms with Crippen LogP contribution in [0, 0.1) is 6.92 Å². The number of imidazole rings is 1. The van der Waals surface area contributed by atoms with Crippen LogP contribution in [0.4, 0.5) is 0 Å². The summed E-state index contributed by atoms with van der Waals surface area (Å²) in [6.07, 6.45) is 5.49. The van der Waals surface area contributed by atoms with Crippen LogP contribution < -0.4 is 5.32 Å². The number of ether oxygens (including phenoxy) is 1. The fraction of sp³-hybridized carbons (Fsp3) is 0.500. The Kier molecular flexibility index (Phi) is 3.92. The smallest absolute Gasteiger partial charge is 0.358 e. The van der Waals surface area contributed by atoms with Gasteiger partial charge < -0.3 is 14.5 Å². The minimum Gasteiger partial charge on any atom is -0.464 e. The number of methoxy groups -OCH3 is 1. The number of nitrogens with zero attached hydrogens (tertiary/aromatic N) is 2. The molecule has 1 fully saturated rings. The number of carbonyl (C=O) groups is 1. The van der Waals surface area contributed by atoms with Crippen molar-refractivity contribution < 1.29 is 9.53 Å². The van der Waals surface area contributed by atoms with Crippen molar-refractivity contribution in [2.75, 3.05) is 20.2 Å². The normalized spacial score (nSPS) is 19.4. The van der Waals surface area contributed by atoms with Crippen molar-refractivity contribution in [2.24, 2.45) is 0 Å². The van der Waals surface area contributed by atoms with Crippen molar-refractivity contribution in [1.82, 2.24) is 14.7 Å². The molecule has 1 N–H and O–H groups in total. The average molecular weight is 287 g/mol. The van der Waals surface area contributed by atoms with E-state index in [2.05, 4.69) is 10.3 Å². The van der Waals surface area contributed by atoms with Gasteiger partial charge in [0.05, 0.1) is 12.6 Å². The molecule has 3 heterocycles. The van der Waals surface area contributed by atoms with E-state index < -0.39 is 0 Å². The molecule has 21 heavy (non-hydrogen) atoms. The van der Waals surface area contributed by atoms with Crippen LogP contribution >= 0.6 is 0 Å². The zero-order valence-corrected chi connectivity index (χ0v) is 12.6. The fourth-order valence-corrected chi connectivity index (χ4v) is 2.99. The van der Waals surface area contributed by atoms with Crippen molar-refractivity contribution in [3.05, 3.63) is 35.4 Å². The predicted molar refractivity (Wildman–Crippen MR) is 80.7 cm³/mol. The Labute approximate surface area is 124 Å². The molecule has 1 aliphatic rings. The van der Waals surface area contributed by atoms with E-state index in [4.69, 9.17) is 4.74 Å². The Morgan fingerprint density at radius 3 is 3.14 bits per heavy atom. The molecule has 3 rings (SSSR count). The fourth-order valence-electron chi connectivity index (χ4n) is 2.99. The molecule has 0 spiro atoms. The van der Waals surface area contributed by atoms with E-state index in [9.17, 15) is 4.79 Å². The zero-order valence-electron chi connectivity index (χ0n) is 12.6. The number of aryl methyl sites for hydroxylation is 1. The first-order valence-corrected chi connectivity index (χ1v) is 7.48. The molecule has 2 aromatic heterocycles. The summed E-state index contributed by atoms with van der Waals surface area (Å²) in [5.41, 5.74) is 2.36. The Balaban J connectivity index is 2.11. The molecule has 0 aliphatic carbocycles. The number of hydrogen-bond donors (Lipinski definition) is 1. The Hall–Kier alpha value is -1.88. The summed E-state index contributed by atoms with van der Waals surface area (Å²) in [5.74, 6) is 0.923. The van der Waals surface area contributed by atoms with Gasteiger partial charge in [0, 0.05) is 18.7 Å². The van der Waals surface area contributed by atoms with Gasteiger partial charge in [-0.2, -0.15) is 0 Å². The second kappa shape index (κ2) is 5.85. The van der Waals surface area contributed by atoms with E-state index in [0.717, 1.165) is 36.4 Å². The lowest BCUT2D eigenvalue weighted by Crippen LogP contribution is -2.20. The van der Waals surface area contributed by atoms with Gasteiger partial charge in [-0.05, 0) is 44.0 Å². The number of nitrogens with one attached hydrogen (secondary N) is 1. The lowest BCUT2D eigenvalue weighted by molar-refractivity contribution is 0.0596. The summed E-state index contributed by atoms with van der Waals surface area (Å²) in [7, 11) is 1.40. The summed E-state index contributed by atoms with van der Waals surface area (Å²) in [6, 6.07) is 4.04. The average Bonchev–Trinajstić information content (AvgIpc) is 2.68. The lowest BCUT2D eigenvalue weighted by atomic mass is 10.0. The number of fused-ring (bicyclic) bond motifs is 1. The first kappa shape index (κ1) is 14.1. The number of carbonyl (C=O) groups excluding carboxylic acids is 1. The molecule has 0 aromatic carbocycles. The monoisotopic (exact) mass is 287 g/mol. The van der Waals surface area contributed by atoms with Crippen LogP contribution in [0.3, 0.4) is 0 Å². The largest absolute Gasteiger partial charge is 0.464 e. The second-order valence-electron chi connectivity index (χ2n) is 5.67. The van der Waals surface area contributed by atoms with E-state index in [1.165, 1.54) is 20.0 Å². The summed E-state index contributed by atoms with van der Waals surface area (Å²) < 4.78 is 6.92. The van der Waals surface area contributed by atoms with Crippen LogP contribution in [0.5, 0.6) is 0 Å². The minimum atomic E-state index is -0.370. The third kappa shape index (κ3) is 2.65. The molecule has 5 nitrogen and oxygen atoms in total. The molecule has 1 aliphatic heterocycles. The summed E-state index contributed by atoms with van der Waals surface area (Å²) in [5, 5.41) is 3.45. The quantitative estimate of drug-likeness (QED) is 0.861. The van der Waals surface area contributed by atoms with Gasteiger partial charge in [-0.1, -0.05) is 6.42 Å². The lowest BCUT2D eigenvalue weighted by Gasteiger charge is -2.13. The first-order chi connectivity index (χ1) is 10.2. The standard InChI is InChI=1S/C16H21N3O2/c1-11-6-8-19-13(9-11)14(16(20)21-2)18-15(19)12-5-3-4-7-17-10-12/h6,8-9,12,17H,3-5,7,10H2,1-2H3. The van der Waals surface area contributed by atoms with Crippen molar-refractivity contribution in [3.63, 3.8) is 0 Å². The number of hydrogen-bond acceptors (Lipinski definition) is 4. The summed E-state index contributed by atoms with van der Waals surface area (Å²) in [6.45, 7) is 3.98. The number of pyridine rings is 1. The second-order valence-corrected chi connectivity index (χ2v) is 5.67. The molecule has 2 aromatic rings. The maximum absolute atomic E-state index is 12.0. The van der Waals surface area contributed by atoms with Crippen LogP contribution in [-0.4, -0.2) is 35.6 Å². The topological polar surface area (TPSA) is 55.6 Å². The van der Waals surface area contributed by atoms with Gasteiger partial charge >= 0.3 is 5.97 Å². The molecule has 5 heteroatoms. The van der Waals surface area contributed by atoms with Crippen LogP contribution in [0.25, 0.3) is 5.52 Å². The van der Waals surface area contributed by atoms with Crippen LogP contribution in [-0.2, 0) is 4.74 Å². The molecule has 0 amide bonds. The maximum atomic E-state index is 12.0. The molecular weight excluding hydrogens is 266 g/mol. The maximum Gasteiger partial charge on any atom is 0.358 e. The summed E-state index contributed by atoms with van der Waals surface area (Å²) >= 11 is 0. The Morgan fingerprint density at radius 1 is 1.48 bits per heavy atom.